The van der Waals surface area contributed by atoms with E-state index in [1.807, 2.05) is 0 Å². The van der Waals surface area contributed by atoms with Crippen LogP contribution < -0.4 is 0 Å². The molecule has 1 heterocycles. The zero-order chi connectivity index (χ0) is 13.7. The van der Waals surface area contributed by atoms with Crippen LogP contribution in [0.4, 0.5) is 0 Å². The Labute approximate surface area is 114 Å². The first kappa shape index (κ1) is 14.4. The highest BCUT2D eigenvalue weighted by Crippen LogP contribution is 2.38. The van der Waals surface area contributed by atoms with Crippen LogP contribution in [0.25, 0.3) is 0 Å². The van der Waals surface area contributed by atoms with E-state index in [1.165, 1.54) is 12.5 Å². The molecule has 1 N–H and O–H groups in total. The van der Waals surface area contributed by atoms with Crippen molar-refractivity contribution in [1.82, 2.24) is 0 Å². The van der Waals surface area contributed by atoms with Crippen molar-refractivity contribution in [2.75, 3.05) is 0 Å². The van der Waals surface area contributed by atoms with Gasteiger partial charge in [-0.1, -0.05) is 26.2 Å². The van der Waals surface area contributed by atoms with Crippen molar-refractivity contribution < 1.29 is 19.4 Å². The highest BCUT2D eigenvalue weighted by atomic mass is 16.7. The van der Waals surface area contributed by atoms with Crippen LogP contribution >= 0.6 is 0 Å². The number of hydrogen-bond donors (Lipinski definition) is 1. The highest BCUT2D eigenvalue weighted by molar-refractivity contribution is 5.83. The van der Waals surface area contributed by atoms with E-state index in [2.05, 4.69) is 6.92 Å². The van der Waals surface area contributed by atoms with Crippen LogP contribution in [0.15, 0.2) is 11.8 Å². The monoisotopic (exact) mass is 268 g/mol. The minimum atomic E-state index is -0.746. The number of carbonyl (C=O) groups is 1. The van der Waals surface area contributed by atoms with Gasteiger partial charge in [-0.2, -0.15) is 0 Å². The summed E-state index contributed by atoms with van der Waals surface area (Å²) in [6.45, 7) is 2.09. The van der Waals surface area contributed by atoms with Crippen molar-refractivity contribution in [3.8, 4) is 0 Å². The summed E-state index contributed by atoms with van der Waals surface area (Å²) >= 11 is 0. The molecule has 1 saturated carbocycles. The van der Waals surface area contributed by atoms with Gasteiger partial charge in [-0.25, -0.2) is 4.79 Å². The Morgan fingerprint density at radius 2 is 2.05 bits per heavy atom. The first-order chi connectivity index (χ1) is 9.13. The maximum Gasteiger partial charge on any atom is 0.337 e. The van der Waals surface area contributed by atoms with Crippen molar-refractivity contribution in [2.45, 2.75) is 76.6 Å². The summed E-state index contributed by atoms with van der Waals surface area (Å²) < 4.78 is 11.3. The van der Waals surface area contributed by atoms with Crippen molar-refractivity contribution in [2.24, 2.45) is 0 Å². The molecular weight excluding hydrogens is 244 g/mol. The fourth-order valence-electron chi connectivity index (χ4n) is 2.80. The topological polar surface area (TPSA) is 55.8 Å². The fraction of sp³-hybridized carbons (Fsp3) is 0.800. The Kier molecular flexibility index (Phi) is 4.86. The predicted molar refractivity (Wildman–Crippen MR) is 71.2 cm³/mol. The quantitative estimate of drug-likeness (QED) is 0.779. The van der Waals surface area contributed by atoms with Gasteiger partial charge in [0.05, 0.1) is 12.2 Å². The lowest BCUT2D eigenvalue weighted by Gasteiger charge is -2.39. The second-order valence-corrected chi connectivity index (χ2v) is 5.61. The molecule has 1 fully saturated rings. The van der Waals surface area contributed by atoms with Crippen molar-refractivity contribution in [1.29, 1.82) is 0 Å². The molecule has 4 heteroatoms. The van der Waals surface area contributed by atoms with Crippen LogP contribution in [0.1, 0.15) is 64.7 Å². The summed E-state index contributed by atoms with van der Waals surface area (Å²) in [7, 11) is 0. The molecule has 2 aliphatic rings. The summed E-state index contributed by atoms with van der Waals surface area (Å²) in [5.41, 5.74) is 0. The lowest BCUT2D eigenvalue weighted by Crippen LogP contribution is -2.42. The van der Waals surface area contributed by atoms with Gasteiger partial charge in [0.2, 0.25) is 0 Å². The zero-order valence-corrected chi connectivity index (χ0v) is 11.7. The molecule has 0 radical (unpaired) electrons. The number of aliphatic hydroxyl groups is 1. The van der Waals surface area contributed by atoms with E-state index in [0.29, 0.717) is 12.2 Å². The largest absolute Gasteiger partial charge is 0.456 e. The molecular formula is C15H24O4. The average Bonchev–Trinajstić information content (AvgIpc) is 2.36. The maximum atomic E-state index is 11.7. The molecule has 1 aliphatic carbocycles. The number of unbranched alkanes of at least 4 members (excludes halogenated alkanes) is 1. The SMILES string of the molecule is CCCC[C@H](O)CC1=CC(=O)OC2(CCCCC2)O1. The van der Waals surface area contributed by atoms with Crippen LogP contribution in [0.5, 0.6) is 0 Å². The van der Waals surface area contributed by atoms with E-state index < -0.39 is 11.9 Å². The second kappa shape index (κ2) is 6.42. The molecule has 0 aromatic heterocycles. The Hall–Kier alpha value is -1.03. The first-order valence-electron chi connectivity index (χ1n) is 7.44. The Bertz CT molecular complexity index is 342. The second-order valence-electron chi connectivity index (χ2n) is 5.61. The van der Waals surface area contributed by atoms with Gasteiger partial charge >= 0.3 is 5.97 Å². The lowest BCUT2D eigenvalue weighted by atomic mass is 9.93. The standard InChI is InChI=1S/C15H24O4/c1-2-3-7-12(16)10-13-11-14(17)19-15(18-13)8-5-4-6-9-15/h11-12,16H,2-10H2,1H3/t12-/m0/s1. The Morgan fingerprint density at radius 1 is 1.32 bits per heavy atom. The minimum Gasteiger partial charge on any atom is -0.456 e. The van der Waals surface area contributed by atoms with Gasteiger partial charge < -0.3 is 14.6 Å². The van der Waals surface area contributed by atoms with Crippen LogP contribution in [-0.2, 0) is 14.3 Å². The molecule has 19 heavy (non-hydrogen) atoms. The molecule has 0 amide bonds. The molecule has 0 bridgehead atoms. The van der Waals surface area contributed by atoms with Crippen LogP contribution in [0.3, 0.4) is 0 Å². The maximum absolute atomic E-state index is 11.7. The third kappa shape index (κ3) is 3.96. The lowest BCUT2D eigenvalue weighted by molar-refractivity contribution is -0.234. The molecule has 1 aliphatic heterocycles. The number of aliphatic hydroxyl groups excluding tert-OH is 1. The summed E-state index contributed by atoms with van der Waals surface area (Å²) in [6.07, 6.45) is 8.91. The van der Waals surface area contributed by atoms with Crippen molar-refractivity contribution in [3.63, 3.8) is 0 Å². The van der Waals surface area contributed by atoms with E-state index in [-0.39, 0.29) is 5.97 Å². The summed E-state index contributed by atoms with van der Waals surface area (Å²) in [6, 6.07) is 0. The summed E-state index contributed by atoms with van der Waals surface area (Å²) in [5, 5.41) is 9.93. The normalized spacial score (nSPS) is 23.5. The zero-order valence-electron chi connectivity index (χ0n) is 11.7. The highest BCUT2D eigenvalue weighted by Gasteiger charge is 2.41. The summed E-state index contributed by atoms with van der Waals surface area (Å²) in [5.74, 6) is -0.489. The van der Waals surface area contributed by atoms with Gasteiger partial charge in [-0.3, -0.25) is 0 Å². The van der Waals surface area contributed by atoms with E-state index in [1.54, 1.807) is 0 Å². The van der Waals surface area contributed by atoms with Gasteiger partial charge in [0.25, 0.3) is 5.79 Å². The van der Waals surface area contributed by atoms with E-state index in [0.717, 1.165) is 44.9 Å². The molecule has 2 rings (SSSR count). The number of rotatable bonds is 5. The molecule has 0 unspecified atom stereocenters. The van der Waals surface area contributed by atoms with Gasteiger partial charge in [0.15, 0.2) is 0 Å². The van der Waals surface area contributed by atoms with Crippen molar-refractivity contribution >= 4 is 5.97 Å². The molecule has 0 saturated heterocycles. The van der Waals surface area contributed by atoms with Crippen molar-refractivity contribution in [3.05, 3.63) is 11.8 Å². The van der Waals surface area contributed by atoms with E-state index in [4.69, 9.17) is 9.47 Å². The van der Waals surface area contributed by atoms with Crippen LogP contribution in [0, 0.1) is 0 Å². The molecule has 1 atom stereocenters. The van der Waals surface area contributed by atoms with Crippen LogP contribution in [0.2, 0.25) is 0 Å². The molecule has 4 nitrogen and oxygen atoms in total. The van der Waals surface area contributed by atoms with E-state index >= 15 is 0 Å². The van der Waals surface area contributed by atoms with Gasteiger partial charge in [-0.05, 0) is 19.3 Å². The number of esters is 1. The molecule has 0 aromatic rings. The first-order valence-corrected chi connectivity index (χ1v) is 7.44. The summed E-state index contributed by atoms with van der Waals surface area (Å²) in [4.78, 5) is 11.7. The number of ether oxygens (including phenoxy) is 2. The Morgan fingerprint density at radius 3 is 2.74 bits per heavy atom. The number of hydrogen-bond acceptors (Lipinski definition) is 4. The Balaban J connectivity index is 1.94. The molecule has 1 spiro atoms. The fourth-order valence-corrected chi connectivity index (χ4v) is 2.80. The smallest absolute Gasteiger partial charge is 0.337 e. The minimum absolute atomic E-state index is 0.328. The van der Waals surface area contributed by atoms with Gasteiger partial charge in [0, 0.05) is 19.3 Å². The van der Waals surface area contributed by atoms with Gasteiger partial charge in [-0.15, -0.1) is 0 Å². The van der Waals surface area contributed by atoms with Gasteiger partial charge in [0.1, 0.15) is 5.76 Å². The molecule has 108 valence electrons. The average molecular weight is 268 g/mol. The third-order valence-electron chi connectivity index (χ3n) is 3.83. The molecule has 0 aromatic carbocycles. The van der Waals surface area contributed by atoms with E-state index in [9.17, 15) is 9.90 Å². The van der Waals surface area contributed by atoms with Crippen LogP contribution in [-0.4, -0.2) is 23.0 Å². The third-order valence-corrected chi connectivity index (χ3v) is 3.83. The number of carbonyl (C=O) groups excluding carboxylic acids is 1. The predicted octanol–water partition coefficient (Wildman–Crippen LogP) is 3.05.